The van der Waals surface area contributed by atoms with Crippen LogP contribution in [-0.2, 0) is 17.7 Å². The van der Waals surface area contributed by atoms with E-state index in [0.717, 1.165) is 26.1 Å². The Morgan fingerprint density at radius 3 is 2.78 bits per heavy atom. The van der Waals surface area contributed by atoms with Crippen LogP contribution >= 0.6 is 11.3 Å². The molecule has 2 rings (SSSR count). The zero-order chi connectivity index (χ0) is 13.2. The number of nitrogens with zero attached hydrogens (tertiary/aromatic N) is 1. The minimum atomic E-state index is -0.170. The van der Waals surface area contributed by atoms with E-state index in [1.807, 2.05) is 11.3 Å². The summed E-state index contributed by atoms with van der Waals surface area (Å²) in [5, 5.41) is 9.30. The largest absolute Gasteiger partial charge is 0.394 e. The molecule has 1 N–H and O–H groups in total. The van der Waals surface area contributed by atoms with Crippen molar-refractivity contribution in [3.05, 3.63) is 21.9 Å². The van der Waals surface area contributed by atoms with Crippen molar-refractivity contribution < 1.29 is 9.84 Å². The summed E-state index contributed by atoms with van der Waals surface area (Å²) in [7, 11) is 0. The Bertz CT molecular complexity index is 389. The van der Waals surface area contributed by atoms with Crippen molar-refractivity contribution in [1.29, 1.82) is 0 Å². The second kappa shape index (κ2) is 5.70. The van der Waals surface area contributed by atoms with Gasteiger partial charge in [-0.2, -0.15) is 0 Å². The molecule has 1 fully saturated rings. The molecule has 3 nitrogen and oxygen atoms in total. The van der Waals surface area contributed by atoms with Gasteiger partial charge >= 0.3 is 0 Å². The SMILES string of the molecule is CCc1ccc(CN2CC(CO)OC(C)(C)C2)s1. The first kappa shape index (κ1) is 14.0. The highest BCUT2D eigenvalue weighted by atomic mass is 32.1. The lowest BCUT2D eigenvalue weighted by atomic mass is 10.1. The summed E-state index contributed by atoms with van der Waals surface area (Å²) in [5.41, 5.74) is -0.170. The van der Waals surface area contributed by atoms with E-state index < -0.39 is 0 Å². The third kappa shape index (κ3) is 3.54. The number of hydrogen-bond donors (Lipinski definition) is 1. The van der Waals surface area contributed by atoms with Crippen molar-refractivity contribution in [2.45, 2.75) is 45.4 Å². The van der Waals surface area contributed by atoms with Crippen LogP contribution in [0.2, 0.25) is 0 Å². The number of rotatable bonds is 4. The molecule has 0 aliphatic carbocycles. The van der Waals surface area contributed by atoms with Crippen molar-refractivity contribution in [2.24, 2.45) is 0 Å². The molecular weight excluding hydrogens is 246 g/mol. The maximum Gasteiger partial charge on any atom is 0.0940 e. The minimum Gasteiger partial charge on any atom is -0.394 e. The average Bonchev–Trinajstić information content (AvgIpc) is 2.74. The predicted octanol–water partition coefficient (Wildman–Crippen LogP) is 2.28. The minimum absolute atomic E-state index is 0.0562. The van der Waals surface area contributed by atoms with Gasteiger partial charge in [0.1, 0.15) is 0 Å². The lowest BCUT2D eigenvalue weighted by Crippen LogP contribution is -2.53. The van der Waals surface area contributed by atoms with Gasteiger partial charge in [-0.3, -0.25) is 4.90 Å². The molecule has 0 amide bonds. The van der Waals surface area contributed by atoms with Gasteiger partial charge in [-0.1, -0.05) is 6.92 Å². The Morgan fingerprint density at radius 1 is 1.44 bits per heavy atom. The summed E-state index contributed by atoms with van der Waals surface area (Å²) in [6.45, 7) is 9.18. The fourth-order valence-corrected chi connectivity index (χ4v) is 3.55. The molecule has 4 heteroatoms. The first-order valence-electron chi connectivity index (χ1n) is 6.61. The van der Waals surface area contributed by atoms with Crippen LogP contribution in [0.4, 0.5) is 0 Å². The first-order chi connectivity index (χ1) is 8.52. The fourth-order valence-electron chi connectivity index (χ4n) is 2.55. The molecule has 1 aliphatic rings. The summed E-state index contributed by atoms with van der Waals surface area (Å²) >= 11 is 1.89. The van der Waals surface area contributed by atoms with Crippen molar-refractivity contribution in [1.82, 2.24) is 4.90 Å². The van der Waals surface area contributed by atoms with Crippen LogP contribution < -0.4 is 0 Å². The van der Waals surface area contributed by atoms with Crippen LogP contribution in [0, 0.1) is 0 Å². The molecule has 1 saturated heterocycles. The average molecular weight is 269 g/mol. The Morgan fingerprint density at radius 2 is 2.17 bits per heavy atom. The fraction of sp³-hybridized carbons (Fsp3) is 0.714. The van der Waals surface area contributed by atoms with E-state index in [-0.39, 0.29) is 18.3 Å². The van der Waals surface area contributed by atoms with Crippen LogP contribution in [0.3, 0.4) is 0 Å². The number of hydrogen-bond acceptors (Lipinski definition) is 4. The van der Waals surface area contributed by atoms with Gasteiger partial charge in [-0.25, -0.2) is 0 Å². The van der Waals surface area contributed by atoms with Crippen LogP contribution in [0.1, 0.15) is 30.5 Å². The number of ether oxygens (including phenoxy) is 1. The topological polar surface area (TPSA) is 32.7 Å². The summed E-state index contributed by atoms with van der Waals surface area (Å²) in [6, 6.07) is 4.44. The van der Waals surface area contributed by atoms with Gasteiger partial charge in [-0.15, -0.1) is 11.3 Å². The number of aryl methyl sites for hydroxylation is 1. The molecule has 102 valence electrons. The van der Waals surface area contributed by atoms with Gasteiger partial charge in [-0.05, 0) is 32.4 Å². The molecular formula is C14H23NO2S. The Kier molecular flexibility index (Phi) is 4.43. The van der Waals surface area contributed by atoms with Crippen LogP contribution in [0.25, 0.3) is 0 Å². The first-order valence-corrected chi connectivity index (χ1v) is 7.42. The summed E-state index contributed by atoms with van der Waals surface area (Å²) < 4.78 is 5.83. The van der Waals surface area contributed by atoms with Gasteiger partial charge < -0.3 is 9.84 Å². The molecule has 1 atom stereocenters. The Balaban J connectivity index is 1.99. The summed E-state index contributed by atoms with van der Waals surface area (Å²) in [5.74, 6) is 0. The third-order valence-electron chi connectivity index (χ3n) is 3.20. The van der Waals surface area contributed by atoms with Gasteiger partial charge in [0.15, 0.2) is 0 Å². The maximum absolute atomic E-state index is 9.30. The number of aliphatic hydroxyl groups is 1. The molecule has 1 aliphatic heterocycles. The zero-order valence-corrected chi connectivity index (χ0v) is 12.3. The van der Waals surface area contributed by atoms with Crippen LogP contribution in [-0.4, -0.2) is 41.4 Å². The molecule has 0 aromatic carbocycles. The van der Waals surface area contributed by atoms with Crippen molar-refractivity contribution in [2.75, 3.05) is 19.7 Å². The highest BCUT2D eigenvalue weighted by molar-refractivity contribution is 7.11. The molecule has 18 heavy (non-hydrogen) atoms. The molecule has 0 radical (unpaired) electrons. The molecule has 1 unspecified atom stereocenters. The number of aliphatic hydroxyl groups excluding tert-OH is 1. The summed E-state index contributed by atoms with van der Waals surface area (Å²) in [4.78, 5) is 5.23. The number of thiophene rings is 1. The summed E-state index contributed by atoms with van der Waals surface area (Å²) in [6.07, 6.45) is 1.05. The second-order valence-corrected chi connectivity index (χ2v) is 6.83. The standard InChI is InChI=1S/C14H23NO2S/c1-4-12-5-6-13(18-12)8-15-7-11(9-16)17-14(2,3)10-15/h5-6,11,16H,4,7-10H2,1-3H3. The Labute approximate surface area is 113 Å². The maximum atomic E-state index is 9.30. The molecule has 0 saturated carbocycles. The number of morpholine rings is 1. The highest BCUT2D eigenvalue weighted by Gasteiger charge is 2.32. The smallest absolute Gasteiger partial charge is 0.0940 e. The molecule has 1 aromatic rings. The normalized spacial score (nSPS) is 24.3. The van der Waals surface area contributed by atoms with Gasteiger partial charge in [0, 0.05) is 29.4 Å². The van der Waals surface area contributed by atoms with Crippen molar-refractivity contribution in [3.8, 4) is 0 Å². The van der Waals surface area contributed by atoms with Gasteiger partial charge in [0.25, 0.3) is 0 Å². The highest BCUT2D eigenvalue weighted by Crippen LogP contribution is 2.25. The zero-order valence-electron chi connectivity index (χ0n) is 11.5. The second-order valence-electron chi connectivity index (χ2n) is 5.57. The third-order valence-corrected chi connectivity index (χ3v) is 4.42. The van der Waals surface area contributed by atoms with E-state index in [9.17, 15) is 5.11 Å². The molecule has 0 spiro atoms. The van der Waals surface area contributed by atoms with E-state index in [1.165, 1.54) is 9.75 Å². The monoisotopic (exact) mass is 269 g/mol. The quantitative estimate of drug-likeness (QED) is 0.910. The Hall–Kier alpha value is -0.420. The van der Waals surface area contributed by atoms with Gasteiger partial charge in [0.2, 0.25) is 0 Å². The lowest BCUT2D eigenvalue weighted by Gasteiger charge is -2.42. The predicted molar refractivity (Wildman–Crippen MR) is 75.0 cm³/mol. The molecule has 0 bridgehead atoms. The lowest BCUT2D eigenvalue weighted by molar-refractivity contribution is -0.150. The van der Waals surface area contributed by atoms with Gasteiger partial charge in [0.05, 0.1) is 18.3 Å². The van der Waals surface area contributed by atoms with Crippen LogP contribution in [0.15, 0.2) is 12.1 Å². The van der Waals surface area contributed by atoms with E-state index in [2.05, 4.69) is 37.8 Å². The van der Waals surface area contributed by atoms with Crippen molar-refractivity contribution in [3.63, 3.8) is 0 Å². The van der Waals surface area contributed by atoms with E-state index in [0.29, 0.717) is 0 Å². The molecule has 2 heterocycles. The van der Waals surface area contributed by atoms with E-state index >= 15 is 0 Å². The van der Waals surface area contributed by atoms with Crippen molar-refractivity contribution >= 4 is 11.3 Å². The van der Waals surface area contributed by atoms with E-state index in [1.54, 1.807) is 0 Å². The van der Waals surface area contributed by atoms with Crippen LogP contribution in [0.5, 0.6) is 0 Å². The van der Waals surface area contributed by atoms with E-state index in [4.69, 9.17) is 4.74 Å². The molecule has 1 aromatic heterocycles.